The van der Waals surface area contributed by atoms with Crippen molar-refractivity contribution in [3.05, 3.63) is 52.6 Å². The second-order valence-electron chi connectivity index (χ2n) is 8.11. The molecule has 8 nitrogen and oxygen atoms in total. The molecule has 1 aromatic rings. The number of fused-ring (bicyclic) bond motifs is 3. The maximum absolute atomic E-state index is 12.6. The summed E-state index contributed by atoms with van der Waals surface area (Å²) in [6.45, 7) is 1.26. The first-order valence-corrected chi connectivity index (χ1v) is 10.7. The molecule has 1 saturated heterocycles. The summed E-state index contributed by atoms with van der Waals surface area (Å²) in [5.74, 6) is -0.868. The number of rotatable bonds is 8. The van der Waals surface area contributed by atoms with Crippen LogP contribution >= 0.6 is 0 Å². The lowest BCUT2D eigenvalue weighted by atomic mass is 9.81. The second kappa shape index (κ2) is 10.0. The Balaban J connectivity index is 1.46. The SMILES string of the molecule is O=COCC(=O)c1ccc2c(c1)COCC1CC(C(=O)COC(=O)C3CCCN3)=CC=C21. The number of carbonyl (C=O) groups excluding carboxylic acids is 4. The van der Waals surface area contributed by atoms with Gasteiger partial charge in [0.15, 0.2) is 24.8 Å². The Bertz CT molecular complexity index is 988. The molecule has 0 radical (unpaired) electrons. The fraction of sp³-hybridized carbons (Fsp3) is 0.417. The molecule has 8 heteroatoms. The molecule has 3 aliphatic rings. The van der Waals surface area contributed by atoms with Crippen LogP contribution < -0.4 is 5.32 Å². The molecule has 32 heavy (non-hydrogen) atoms. The van der Waals surface area contributed by atoms with Crippen LogP contribution in [0.2, 0.25) is 0 Å². The zero-order valence-electron chi connectivity index (χ0n) is 17.6. The minimum absolute atomic E-state index is 0.00708. The Kier molecular flexibility index (Phi) is 6.92. The van der Waals surface area contributed by atoms with E-state index in [-0.39, 0.29) is 49.2 Å². The number of esters is 1. The van der Waals surface area contributed by atoms with Crippen molar-refractivity contribution < 1.29 is 33.4 Å². The Hall–Kier alpha value is -3.10. The second-order valence-corrected chi connectivity index (χ2v) is 8.11. The number of carbonyl (C=O) groups is 4. The number of Topliss-reactive ketones (excluding diaryl/α,β-unsaturated/α-hetero) is 2. The number of ketones is 2. The molecule has 1 aromatic carbocycles. The third kappa shape index (κ3) is 4.87. The van der Waals surface area contributed by atoms with Crippen LogP contribution in [0, 0.1) is 5.92 Å². The van der Waals surface area contributed by atoms with Crippen molar-refractivity contribution in [2.45, 2.75) is 31.9 Å². The van der Waals surface area contributed by atoms with E-state index in [0.717, 1.165) is 36.1 Å². The fourth-order valence-corrected chi connectivity index (χ4v) is 4.32. The highest BCUT2D eigenvalue weighted by Crippen LogP contribution is 2.37. The van der Waals surface area contributed by atoms with Crippen molar-refractivity contribution in [2.75, 3.05) is 26.4 Å². The van der Waals surface area contributed by atoms with Gasteiger partial charge in [-0.25, -0.2) is 0 Å². The monoisotopic (exact) mass is 439 g/mol. The Morgan fingerprint density at radius 1 is 1.16 bits per heavy atom. The fourth-order valence-electron chi connectivity index (χ4n) is 4.32. The number of benzene rings is 1. The standard InChI is InChI=1S/C24H25NO7/c26-14-31-12-22(27)15-3-5-19-17(8-15)10-30-11-18-9-16(4-6-20(18)19)23(28)13-32-24(29)21-2-1-7-25-21/h3-6,8,14,18,21,25H,1-2,7,9-13H2. The Morgan fingerprint density at radius 3 is 2.81 bits per heavy atom. The lowest BCUT2D eigenvalue weighted by Crippen LogP contribution is -2.33. The van der Waals surface area contributed by atoms with Crippen LogP contribution in [-0.2, 0) is 35.2 Å². The van der Waals surface area contributed by atoms with Crippen molar-refractivity contribution in [1.82, 2.24) is 5.32 Å². The smallest absolute Gasteiger partial charge is 0.323 e. The van der Waals surface area contributed by atoms with Crippen molar-refractivity contribution in [2.24, 2.45) is 5.92 Å². The van der Waals surface area contributed by atoms with Crippen LogP contribution in [-0.4, -0.2) is 56.4 Å². The van der Waals surface area contributed by atoms with E-state index in [0.29, 0.717) is 30.8 Å². The average molecular weight is 439 g/mol. The molecule has 1 aliphatic carbocycles. The van der Waals surface area contributed by atoms with Gasteiger partial charge in [-0.15, -0.1) is 0 Å². The first-order valence-electron chi connectivity index (χ1n) is 10.7. The van der Waals surface area contributed by atoms with Crippen molar-refractivity contribution in [1.29, 1.82) is 0 Å². The summed E-state index contributed by atoms with van der Waals surface area (Å²) >= 11 is 0. The van der Waals surface area contributed by atoms with Gasteiger partial charge in [-0.2, -0.15) is 0 Å². The number of hydrogen-bond donors (Lipinski definition) is 1. The number of allylic oxidation sites excluding steroid dienone is 2. The molecular formula is C24H25NO7. The Morgan fingerprint density at radius 2 is 2.03 bits per heavy atom. The molecule has 1 N–H and O–H groups in total. The molecule has 168 valence electrons. The number of nitrogens with one attached hydrogen (secondary N) is 1. The quantitative estimate of drug-likeness (QED) is 0.371. The minimum Gasteiger partial charge on any atom is -0.459 e. The molecule has 4 rings (SSSR count). The topological polar surface area (TPSA) is 108 Å². The van der Waals surface area contributed by atoms with Crippen molar-refractivity contribution >= 4 is 29.6 Å². The Labute approximate surface area is 185 Å². The van der Waals surface area contributed by atoms with Gasteiger partial charge in [0.05, 0.1) is 13.2 Å². The summed E-state index contributed by atoms with van der Waals surface area (Å²) in [6, 6.07) is 5.02. The van der Waals surface area contributed by atoms with Gasteiger partial charge in [-0.05, 0) is 54.1 Å². The van der Waals surface area contributed by atoms with Gasteiger partial charge < -0.3 is 19.5 Å². The zero-order valence-corrected chi connectivity index (χ0v) is 17.6. The van der Waals surface area contributed by atoms with Gasteiger partial charge in [0, 0.05) is 11.5 Å². The first kappa shape index (κ1) is 22.1. The van der Waals surface area contributed by atoms with Crippen LogP contribution in [0.15, 0.2) is 35.9 Å². The summed E-state index contributed by atoms with van der Waals surface area (Å²) in [5.41, 5.74) is 3.95. The van der Waals surface area contributed by atoms with Crippen LogP contribution in [0.5, 0.6) is 0 Å². The van der Waals surface area contributed by atoms with Crippen LogP contribution in [0.25, 0.3) is 5.57 Å². The molecule has 0 spiro atoms. The molecule has 2 atom stereocenters. The van der Waals surface area contributed by atoms with E-state index in [1.54, 1.807) is 18.2 Å². The van der Waals surface area contributed by atoms with E-state index in [1.165, 1.54) is 0 Å². The number of ether oxygens (including phenoxy) is 3. The maximum atomic E-state index is 12.6. The van der Waals surface area contributed by atoms with E-state index < -0.39 is 0 Å². The van der Waals surface area contributed by atoms with Crippen molar-refractivity contribution in [3.63, 3.8) is 0 Å². The van der Waals surface area contributed by atoms with Gasteiger partial charge in [0.25, 0.3) is 6.47 Å². The highest BCUT2D eigenvalue weighted by molar-refractivity contribution is 6.00. The van der Waals surface area contributed by atoms with E-state index >= 15 is 0 Å². The predicted molar refractivity (Wildman–Crippen MR) is 114 cm³/mol. The molecule has 2 aliphatic heterocycles. The minimum atomic E-state index is -0.376. The van der Waals surface area contributed by atoms with Crippen LogP contribution in [0.3, 0.4) is 0 Å². The van der Waals surface area contributed by atoms with Gasteiger partial charge in [-0.1, -0.05) is 24.3 Å². The van der Waals surface area contributed by atoms with E-state index in [4.69, 9.17) is 9.47 Å². The number of hydrogen-bond acceptors (Lipinski definition) is 8. The highest BCUT2D eigenvalue weighted by atomic mass is 16.5. The summed E-state index contributed by atoms with van der Waals surface area (Å²) in [5, 5.41) is 3.06. The van der Waals surface area contributed by atoms with Crippen LogP contribution in [0.1, 0.15) is 40.7 Å². The molecule has 0 aromatic heterocycles. The normalized spacial score (nSPS) is 21.9. The van der Waals surface area contributed by atoms with Gasteiger partial charge >= 0.3 is 5.97 Å². The first-order chi connectivity index (χ1) is 15.6. The summed E-state index contributed by atoms with van der Waals surface area (Å²) in [4.78, 5) is 47.1. The van der Waals surface area contributed by atoms with Gasteiger partial charge in [0.2, 0.25) is 0 Å². The molecule has 0 saturated carbocycles. The van der Waals surface area contributed by atoms with Gasteiger partial charge in [0.1, 0.15) is 6.04 Å². The molecule has 2 unspecified atom stereocenters. The molecule has 2 heterocycles. The lowest BCUT2D eigenvalue weighted by molar-refractivity contribution is -0.149. The van der Waals surface area contributed by atoms with Crippen LogP contribution in [0.4, 0.5) is 0 Å². The van der Waals surface area contributed by atoms with Gasteiger partial charge in [-0.3, -0.25) is 19.2 Å². The lowest BCUT2D eigenvalue weighted by Gasteiger charge is -2.23. The van der Waals surface area contributed by atoms with E-state index in [9.17, 15) is 19.2 Å². The summed E-state index contributed by atoms with van der Waals surface area (Å²) in [7, 11) is 0. The summed E-state index contributed by atoms with van der Waals surface area (Å²) < 4.78 is 15.6. The zero-order chi connectivity index (χ0) is 22.5. The molecule has 0 bridgehead atoms. The highest BCUT2D eigenvalue weighted by Gasteiger charge is 2.29. The maximum Gasteiger partial charge on any atom is 0.323 e. The summed E-state index contributed by atoms with van der Waals surface area (Å²) in [6.07, 6.45) is 5.85. The predicted octanol–water partition coefficient (Wildman–Crippen LogP) is 1.77. The molecule has 1 fully saturated rings. The van der Waals surface area contributed by atoms with E-state index in [2.05, 4.69) is 10.1 Å². The molecule has 0 amide bonds. The third-order valence-corrected chi connectivity index (χ3v) is 6.02. The average Bonchev–Trinajstić information content (AvgIpc) is 3.29. The third-order valence-electron chi connectivity index (χ3n) is 6.02. The van der Waals surface area contributed by atoms with E-state index in [1.807, 2.05) is 12.1 Å². The largest absolute Gasteiger partial charge is 0.459 e. The van der Waals surface area contributed by atoms with Crippen molar-refractivity contribution in [3.8, 4) is 0 Å². The molecular weight excluding hydrogens is 414 g/mol.